The molecule has 1 saturated carbocycles. The zero-order chi connectivity index (χ0) is 11.6. The molecule has 2 nitrogen and oxygen atoms in total. The molecule has 16 heavy (non-hydrogen) atoms. The maximum absolute atomic E-state index is 10.5. The Morgan fingerprint density at radius 3 is 2.69 bits per heavy atom. The molecule has 0 radical (unpaired) electrons. The number of hydrogen-bond acceptors (Lipinski definition) is 3. The fourth-order valence-electron chi connectivity index (χ4n) is 2.01. The van der Waals surface area contributed by atoms with Gasteiger partial charge in [-0.1, -0.05) is 11.6 Å². The minimum absolute atomic E-state index is 0.350. The topological polar surface area (TPSA) is 29.4 Å². The van der Waals surface area contributed by atoms with E-state index in [1.165, 1.54) is 0 Å². The lowest BCUT2D eigenvalue weighted by molar-refractivity contribution is 0.255. The lowest BCUT2D eigenvalue weighted by Gasteiger charge is -2.37. The third-order valence-corrected chi connectivity index (χ3v) is 4.01. The molecular formula is C12H12ClNOS. The number of hydrogen-bond donors (Lipinski definition) is 0. The van der Waals surface area contributed by atoms with Gasteiger partial charge in [-0.05, 0) is 49.3 Å². The largest absolute Gasteiger partial charge is 0.235 e. The maximum atomic E-state index is 10.5. The summed E-state index contributed by atoms with van der Waals surface area (Å²) in [6, 6.07) is 5.89. The van der Waals surface area contributed by atoms with E-state index < -0.39 is 0 Å². The van der Waals surface area contributed by atoms with Gasteiger partial charge >= 0.3 is 0 Å². The molecule has 0 N–H and O–H groups in total. The van der Waals surface area contributed by atoms with Gasteiger partial charge in [0.1, 0.15) is 0 Å². The first kappa shape index (κ1) is 11.7. The van der Waals surface area contributed by atoms with Gasteiger partial charge in [0.2, 0.25) is 6.08 Å². The van der Waals surface area contributed by atoms with Gasteiger partial charge in [0.05, 0.1) is 5.54 Å². The van der Waals surface area contributed by atoms with E-state index in [-0.39, 0.29) is 5.54 Å². The first-order valence-corrected chi connectivity index (χ1v) is 6.74. The molecule has 1 aromatic rings. The molecule has 84 valence electrons. The van der Waals surface area contributed by atoms with E-state index in [1.54, 1.807) is 17.8 Å². The summed E-state index contributed by atoms with van der Waals surface area (Å²) in [5, 5.41) is 0.703. The molecule has 0 saturated heterocycles. The molecule has 1 aliphatic carbocycles. The predicted octanol–water partition coefficient (Wildman–Crippen LogP) is 3.78. The van der Waals surface area contributed by atoms with Crippen molar-refractivity contribution >= 4 is 29.4 Å². The highest BCUT2D eigenvalue weighted by Gasteiger charge is 2.39. The van der Waals surface area contributed by atoms with Gasteiger partial charge in [0.25, 0.3) is 0 Å². The first-order chi connectivity index (χ1) is 7.70. The van der Waals surface area contributed by atoms with Crippen molar-refractivity contribution in [2.75, 3.05) is 6.26 Å². The zero-order valence-corrected chi connectivity index (χ0v) is 10.6. The molecule has 2 rings (SSSR count). The summed E-state index contributed by atoms with van der Waals surface area (Å²) >= 11 is 7.70. The van der Waals surface area contributed by atoms with E-state index in [0.29, 0.717) is 5.02 Å². The highest BCUT2D eigenvalue weighted by molar-refractivity contribution is 7.98. The van der Waals surface area contributed by atoms with Crippen molar-refractivity contribution in [1.82, 2.24) is 0 Å². The number of benzene rings is 1. The van der Waals surface area contributed by atoms with E-state index in [2.05, 4.69) is 11.1 Å². The second-order valence-electron chi connectivity index (χ2n) is 3.97. The Hall–Kier alpha value is -0.760. The highest BCUT2D eigenvalue weighted by Crippen LogP contribution is 2.46. The van der Waals surface area contributed by atoms with Crippen molar-refractivity contribution in [1.29, 1.82) is 0 Å². The summed E-state index contributed by atoms with van der Waals surface area (Å²) in [6.45, 7) is 0. The Bertz CT molecular complexity index is 450. The van der Waals surface area contributed by atoms with Crippen LogP contribution in [0.25, 0.3) is 0 Å². The van der Waals surface area contributed by atoms with Crippen LogP contribution in [0.2, 0.25) is 5.02 Å². The van der Waals surface area contributed by atoms with E-state index in [0.717, 1.165) is 29.7 Å². The van der Waals surface area contributed by atoms with Crippen LogP contribution < -0.4 is 0 Å². The number of nitrogens with zero attached hydrogens (tertiary/aromatic N) is 1. The number of rotatable bonds is 3. The van der Waals surface area contributed by atoms with E-state index in [4.69, 9.17) is 11.6 Å². The molecule has 0 spiro atoms. The van der Waals surface area contributed by atoms with Crippen molar-refractivity contribution in [2.45, 2.75) is 29.7 Å². The number of isocyanates is 1. The van der Waals surface area contributed by atoms with Crippen LogP contribution in [-0.4, -0.2) is 12.3 Å². The lowest BCUT2D eigenvalue weighted by Crippen LogP contribution is -2.31. The Kier molecular flexibility index (Phi) is 3.38. The average Bonchev–Trinajstić information content (AvgIpc) is 2.22. The molecule has 1 aromatic carbocycles. The van der Waals surface area contributed by atoms with Gasteiger partial charge in [0.15, 0.2) is 0 Å². The van der Waals surface area contributed by atoms with Crippen LogP contribution in [0.4, 0.5) is 0 Å². The van der Waals surface area contributed by atoms with Crippen LogP contribution in [0, 0.1) is 0 Å². The minimum atomic E-state index is -0.350. The van der Waals surface area contributed by atoms with Crippen LogP contribution >= 0.6 is 23.4 Å². The molecule has 0 aromatic heterocycles. The quantitative estimate of drug-likeness (QED) is 0.466. The highest BCUT2D eigenvalue weighted by atomic mass is 35.5. The minimum Gasteiger partial charge on any atom is -0.211 e. The standard InChI is InChI=1S/C12H12ClNOS/c1-16-11-6-9(5-10(13)7-11)12(14-8-15)3-2-4-12/h5-7H,2-4H2,1H3. The lowest BCUT2D eigenvalue weighted by atomic mass is 9.72. The molecule has 0 bridgehead atoms. The summed E-state index contributed by atoms with van der Waals surface area (Å²) in [4.78, 5) is 15.6. The average molecular weight is 254 g/mol. The van der Waals surface area contributed by atoms with Crippen molar-refractivity contribution in [3.63, 3.8) is 0 Å². The Morgan fingerprint density at radius 1 is 1.44 bits per heavy atom. The Balaban J connectivity index is 2.45. The van der Waals surface area contributed by atoms with Crippen molar-refractivity contribution in [2.24, 2.45) is 4.99 Å². The molecule has 0 aliphatic heterocycles. The van der Waals surface area contributed by atoms with Crippen LogP contribution in [0.15, 0.2) is 28.1 Å². The second kappa shape index (κ2) is 4.62. The van der Waals surface area contributed by atoms with Crippen molar-refractivity contribution in [3.8, 4) is 0 Å². The van der Waals surface area contributed by atoms with E-state index in [1.807, 2.05) is 18.4 Å². The predicted molar refractivity (Wildman–Crippen MR) is 66.9 cm³/mol. The van der Waals surface area contributed by atoms with Crippen molar-refractivity contribution < 1.29 is 4.79 Å². The molecule has 4 heteroatoms. The molecule has 0 atom stereocenters. The smallest absolute Gasteiger partial charge is 0.211 e. The van der Waals surface area contributed by atoms with Crippen LogP contribution in [-0.2, 0) is 10.3 Å². The van der Waals surface area contributed by atoms with Crippen LogP contribution in [0.3, 0.4) is 0 Å². The monoisotopic (exact) mass is 253 g/mol. The number of halogens is 1. The van der Waals surface area contributed by atoms with E-state index >= 15 is 0 Å². The van der Waals surface area contributed by atoms with Gasteiger partial charge in [-0.15, -0.1) is 11.8 Å². The Labute approximate surface area is 104 Å². The molecule has 0 amide bonds. The first-order valence-electron chi connectivity index (χ1n) is 5.14. The zero-order valence-electron chi connectivity index (χ0n) is 9.00. The third-order valence-electron chi connectivity index (χ3n) is 3.08. The normalized spacial score (nSPS) is 17.4. The molecule has 0 heterocycles. The summed E-state index contributed by atoms with van der Waals surface area (Å²) in [5.74, 6) is 0. The van der Waals surface area contributed by atoms with Gasteiger partial charge < -0.3 is 0 Å². The fraction of sp³-hybridized carbons (Fsp3) is 0.417. The third kappa shape index (κ3) is 2.03. The fourth-order valence-corrected chi connectivity index (χ4v) is 2.80. The summed E-state index contributed by atoms with van der Waals surface area (Å²) < 4.78 is 0. The van der Waals surface area contributed by atoms with Crippen molar-refractivity contribution in [3.05, 3.63) is 28.8 Å². The number of aliphatic imine (C=N–C) groups is 1. The molecular weight excluding hydrogens is 242 g/mol. The van der Waals surface area contributed by atoms with Gasteiger partial charge in [-0.3, -0.25) is 0 Å². The van der Waals surface area contributed by atoms with Crippen LogP contribution in [0.1, 0.15) is 24.8 Å². The van der Waals surface area contributed by atoms with Crippen LogP contribution in [0.5, 0.6) is 0 Å². The molecule has 1 aliphatic rings. The van der Waals surface area contributed by atoms with Gasteiger partial charge in [0, 0.05) is 9.92 Å². The number of carbonyl (C=O) groups excluding carboxylic acids is 1. The maximum Gasteiger partial charge on any atom is 0.235 e. The molecule has 0 unspecified atom stereocenters. The summed E-state index contributed by atoms with van der Waals surface area (Å²) in [7, 11) is 0. The molecule has 1 fully saturated rings. The SMILES string of the molecule is CSc1cc(Cl)cc(C2(N=C=O)CCC2)c1. The number of thioether (sulfide) groups is 1. The second-order valence-corrected chi connectivity index (χ2v) is 5.28. The van der Waals surface area contributed by atoms with Gasteiger partial charge in [-0.25, -0.2) is 4.79 Å². The Morgan fingerprint density at radius 2 is 2.19 bits per heavy atom. The van der Waals surface area contributed by atoms with Gasteiger partial charge in [-0.2, -0.15) is 4.99 Å². The summed E-state index contributed by atoms with van der Waals surface area (Å²) in [6.07, 6.45) is 6.63. The summed E-state index contributed by atoms with van der Waals surface area (Å²) in [5.41, 5.74) is 0.691. The van der Waals surface area contributed by atoms with E-state index in [9.17, 15) is 4.79 Å².